The van der Waals surface area contributed by atoms with E-state index in [1.54, 1.807) is 24.3 Å². The summed E-state index contributed by atoms with van der Waals surface area (Å²) in [4.78, 5) is 34.2. The molecule has 2 heterocycles. The summed E-state index contributed by atoms with van der Waals surface area (Å²) >= 11 is 0. The van der Waals surface area contributed by atoms with Crippen molar-refractivity contribution in [1.82, 2.24) is 0 Å². The van der Waals surface area contributed by atoms with Gasteiger partial charge in [0.05, 0.1) is 24.5 Å². The molecular formula is C25H22N2O4. The number of benzene rings is 3. The Kier molecular flexibility index (Phi) is 4.71. The fourth-order valence-electron chi connectivity index (χ4n) is 4.30. The SMILES string of the molecule is COc1ccc([C@H]2[C@H]3C(=O)N(c4ccc(C)cc4)C(=O)[C@H]3ON2c2ccccc2)cc1. The molecule has 2 amide bonds. The summed E-state index contributed by atoms with van der Waals surface area (Å²) in [7, 11) is 1.61. The molecule has 0 bridgehead atoms. The van der Waals surface area contributed by atoms with Gasteiger partial charge in [-0.25, -0.2) is 9.96 Å². The number of carbonyl (C=O) groups is 2. The number of methoxy groups -OCH3 is 1. The Morgan fingerprint density at radius 3 is 2.13 bits per heavy atom. The summed E-state index contributed by atoms with van der Waals surface area (Å²) in [6.45, 7) is 1.96. The van der Waals surface area contributed by atoms with E-state index in [0.29, 0.717) is 5.69 Å². The second-order valence-corrected chi connectivity index (χ2v) is 7.78. The molecule has 0 aromatic heterocycles. The lowest BCUT2D eigenvalue weighted by Gasteiger charge is -2.28. The molecule has 0 saturated carbocycles. The van der Waals surface area contributed by atoms with Crippen molar-refractivity contribution in [3.05, 3.63) is 90.0 Å². The van der Waals surface area contributed by atoms with Crippen LogP contribution >= 0.6 is 0 Å². The number of rotatable bonds is 4. The van der Waals surface area contributed by atoms with Gasteiger partial charge in [0.2, 0.25) is 5.91 Å². The summed E-state index contributed by atoms with van der Waals surface area (Å²) in [5.74, 6) is -0.517. The molecule has 0 spiro atoms. The first kappa shape index (κ1) is 19.3. The lowest BCUT2D eigenvalue weighted by molar-refractivity contribution is -0.126. The Hall–Kier alpha value is -3.64. The van der Waals surface area contributed by atoms with Crippen LogP contribution in [0.15, 0.2) is 78.9 Å². The first-order valence-electron chi connectivity index (χ1n) is 10.2. The van der Waals surface area contributed by atoms with E-state index in [2.05, 4.69) is 0 Å². The maximum atomic E-state index is 13.5. The zero-order chi connectivity index (χ0) is 21.5. The van der Waals surface area contributed by atoms with Crippen LogP contribution in [-0.4, -0.2) is 25.0 Å². The van der Waals surface area contributed by atoms with Crippen LogP contribution in [0.2, 0.25) is 0 Å². The topological polar surface area (TPSA) is 59.1 Å². The number of imide groups is 1. The summed E-state index contributed by atoms with van der Waals surface area (Å²) in [6.07, 6.45) is -0.874. The number of hydrogen-bond acceptors (Lipinski definition) is 5. The first-order valence-corrected chi connectivity index (χ1v) is 10.2. The van der Waals surface area contributed by atoms with Gasteiger partial charge in [0.1, 0.15) is 11.7 Å². The second-order valence-electron chi connectivity index (χ2n) is 7.78. The number of aryl methyl sites for hydroxylation is 1. The molecule has 2 saturated heterocycles. The third-order valence-electron chi connectivity index (χ3n) is 5.88. The molecule has 2 aliphatic rings. The van der Waals surface area contributed by atoms with Crippen molar-refractivity contribution in [2.24, 2.45) is 5.92 Å². The lowest BCUT2D eigenvalue weighted by atomic mass is 9.90. The van der Waals surface area contributed by atoms with Crippen LogP contribution in [0.25, 0.3) is 0 Å². The van der Waals surface area contributed by atoms with Crippen LogP contribution in [0.1, 0.15) is 17.2 Å². The molecule has 5 rings (SSSR count). The number of anilines is 2. The molecule has 3 aromatic rings. The molecule has 0 aliphatic carbocycles. The molecule has 3 aromatic carbocycles. The van der Waals surface area contributed by atoms with Crippen molar-refractivity contribution >= 4 is 23.2 Å². The minimum absolute atomic E-state index is 0.252. The predicted molar refractivity (Wildman–Crippen MR) is 117 cm³/mol. The van der Waals surface area contributed by atoms with Gasteiger partial charge in [-0.3, -0.25) is 14.4 Å². The quantitative estimate of drug-likeness (QED) is 0.603. The van der Waals surface area contributed by atoms with Crippen molar-refractivity contribution in [2.45, 2.75) is 19.1 Å². The molecule has 2 fully saturated rings. The van der Waals surface area contributed by atoms with Crippen molar-refractivity contribution < 1.29 is 19.2 Å². The Bertz CT molecular complexity index is 1110. The maximum Gasteiger partial charge on any atom is 0.266 e. The lowest BCUT2D eigenvalue weighted by Crippen LogP contribution is -2.37. The van der Waals surface area contributed by atoms with Crippen molar-refractivity contribution in [1.29, 1.82) is 0 Å². The molecule has 0 N–H and O–H groups in total. The van der Waals surface area contributed by atoms with E-state index in [-0.39, 0.29) is 11.8 Å². The molecule has 0 unspecified atom stereocenters. The maximum absolute atomic E-state index is 13.5. The van der Waals surface area contributed by atoms with E-state index < -0.39 is 18.1 Å². The van der Waals surface area contributed by atoms with Gasteiger partial charge in [-0.05, 0) is 48.9 Å². The zero-order valence-corrected chi connectivity index (χ0v) is 17.3. The van der Waals surface area contributed by atoms with Gasteiger partial charge >= 0.3 is 0 Å². The highest BCUT2D eigenvalue weighted by molar-refractivity contribution is 6.23. The highest BCUT2D eigenvalue weighted by Crippen LogP contribution is 2.47. The summed E-state index contributed by atoms with van der Waals surface area (Å²) in [5, 5.41) is 1.69. The van der Waals surface area contributed by atoms with Gasteiger partial charge in [0.15, 0.2) is 6.10 Å². The molecular weight excluding hydrogens is 392 g/mol. The fraction of sp³-hybridized carbons (Fsp3) is 0.200. The number of nitrogens with zero attached hydrogens (tertiary/aromatic N) is 2. The van der Waals surface area contributed by atoms with Crippen molar-refractivity contribution in [3.8, 4) is 5.75 Å². The number of carbonyl (C=O) groups excluding carboxylic acids is 2. The average Bonchev–Trinajstić information content (AvgIpc) is 3.31. The molecule has 0 radical (unpaired) electrons. The molecule has 2 aliphatic heterocycles. The van der Waals surface area contributed by atoms with E-state index in [1.165, 1.54) is 4.90 Å². The monoisotopic (exact) mass is 414 g/mol. The highest BCUT2D eigenvalue weighted by Gasteiger charge is 2.60. The van der Waals surface area contributed by atoms with Gasteiger partial charge in [-0.1, -0.05) is 48.0 Å². The number of ether oxygens (including phenoxy) is 1. The van der Waals surface area contributed by atoms with Crippen LogP contribution in [0.4, 0.5) is 11.4 Å². The van der Waals surface area contributed by atoms with E-state index in [0.717, 1.165) is 22.6 Å². The third kappa shape index (κ3) is 3.16. The van der Waals surface area contributed by atoms with Crippen LogP contribution in [0.3, 0.4) is 0 Å². The number of hydrogen-bond donors (Lipinski definition) is 0. The van der Waals surface area contributed by atoms with Gasteiger partial charge in [-0.15, -0.1) is 0 Å². The van der Waals surface area contributed by atoms with E-state index in [9.17, 15) is 9.59 Å². The molecule has 6 heteroatoms. The molecule has 31 heavy (non-hydrogen) atoms. The summed E-state index contributed by atoms with van der Waals surface area (Å²) in [5.41, 5.74) is 3.30. The van der Waals surface area contributed by atoms with E-state index in [4.69, 9.17) is 9.57 Å². The van der Waals surface area contributed by atoms with Gasteiger partial charge < -0.3 is 4.74 Å². The Morgan fingerprint density at radius 2 is 1.48 bits per heavy atom. The first-order chi connectivity index (χ1) is 15.1. The number of para-hydroxylation sites is 1. The number of amides is 2. The standard InChI is InChI=1S/C25H22N2O4/c1-16-8-12-18(13-9-16)26-24(28)21-22(17-10-14-20(30-2)15-11-17)27(31-23(21)25(26)29)19-6-4-3-5-7-19/h3-15,21-23H,1-2H3/t21-,22+,23+/m1/s1. The minimum atomic E-state index is -0.874. The molecule has 6 nitrogen and oxygen atoms in total. The summed E-state index contributed by atoms with van der Waals surface area (Å²) in [6, 6.07) is 24.0. The number of fused-ring (bicyclic) bond motifs is 1. The Balaban J connectivity index is 1.57. The summed E-state index contributed by atoms with van der Waals surface area (Å²) < 4.78 is 5.28. The Labute approximate surface area is 180 Å². The van der Waals surface area contributed by atoms with Crippen LogP contribution < -0.4 is 14.7 Å². The highest BCUT2D eigenvalue weighted by atomic mass is 16.7. The van der Waals surface area contributed by atoms with E-state index in [1.807, 2.05) is 73.7 Å². The smallest absolute Gasteiger partial charge is 0.266 e. The molecule has 3 atom stereocenters. The predicted octanol–water partition coefficient (Wildman–Crippen LogP) is 4.05. The van der Waals surface area contributed by atoms with Gasteiger partial charge in [0.25, 0.3) is 5.91 Å². The zero-order valence-electron chi connectivity index (χ0n) is 17.3. The minimum Gasteiger partial charge on any atom is -0.497 e. The van der Waals surface area contributed by atoms with Crippen LogP contribution in [-0.2, 0) is 14.4 Å². The Morgan fingerprint density at radius 1 is 0.806 bits per heavy atom. The number of hydroxylamine groups is 1. The molecule has 156 valence electrons. The fourth-order valence-corrected chi connectivity index (χ4v) is 4.30. The second kappa shape index (κ2) is 7.56. The normalized spacial score (nSPS) is 22.7. The third-order valence-corrected chi connectivity index (χ3v) is 5.88. The van der Waals surface area contributed by atoms with Crippen LogP contribution in [0, 0.1) is 12.8 Å². The van der Waals surface area contributed by atoms with Crippen LogP contribution in [0.5, 0.6) is 5.75 Å². The van der Waals surface area contributed by atoms with Crippen molar-refractivity contribution in [3.63, 3.8) is 0 Å². The largest absolute Gasteiger partial charge is 0.497 e. The van der Waals surface area contributed by atoms with Gasteiger partial charge in [-0.2, -0.15) is 0 Å². The average molecular weight is 414 g/mol. The van der Waals surface area contributed by atoms with E-state index >= 15 is 0 Å². The van der Waals surface area contributed by atoms with Crippen molar-refractivity contribution in [2.75, 3.05) is 17.1 Å². The van der Waals surface area contributed by atoms with Gasteiger partial charge in [0, 0.05) is 0 Å².